The van der Waals surface area contributed by atoms with E-state index >= 15 is 4.39 Å². The molecule has 0 N–H and O–H groups in total. The molecule has 0 bridgehead atoms. The van der Waals surface area contributed by atoms with E-state index in [2.05, 4.69) is 44.4 Å². The molecule has 3 aromatic carbocycles. The zero-order valence-corrected chi connectivity index (χ0v) is 18.1. The summed E-state index contributed by atoms with van der Waals surface area (Å²) >= 11 is 0. The van der Waals surface area contributed by atoms with Crippen LogP contribution in [0.25, 0.3) is 22.3 Å². The number of fused-ring (bicyclic) bond motifs is 1. The molecule has 0 aliphatic carbocycles. The van der Waals surface area contributed by atoms with Gasteiger partial charge in [-0.25, -0.2) is 9.38 Å². The van der Waals surface area contributed by atoms with Crippen LogP contribution in [0.4, 0.5) is 4.39 Å². The molecule has 2 aliphatic heterocycles. The molecule has 2 aliphatic rings. The molecule has 1 fully saturated rings. The summed E-state index contributed by atoms with van der Waals surface area (Å²) in [6, 6.07) is 23.9. The van der Waals surface area contributed by atoms with E-state index in [4.69, 9.17) is 4.42 Å². The average molecular weight is 439 g/mol. The molecule has 3 heterocycles. The van der Waals surface area contributed by atoms with Gasteiger partial charge in [0, 0.05) is 30.9 Å². The standard InChI is InChI=1S/C27H23FN4O/c28-24-12-20(14-32-15-22(16-32)27-29-17-30-31-27)6-8-23(24)26-13-21-11-19(7-9-25(21)33-26)10-18-4-2-1-3-5-18/h1-9,11-13,22H,10,14-17H2. The fraction of sp³-hybridized carbons (Fsp3) is 0.222. The lowest BCUT2D eigenvalue weighted by atomic mass is 9.97. The van der Waals surface area contributed by atoms with Gasteiger partial charge in [-0.3, -0.25) is 4.90 Å². The van der Waals surface area contributed by atoms with E-state index < -0.39 is 0 Å². The Balaban J connectivity index is 1.16. The predicted octanol–water partition coefficient (Wildman–Crippen LogP) is 6.08. The molecule has 0 amide bonds. The largest absolute Gasteiger partial charge is 0.456 e. The molecule has 164 valence electrons. The van der Waals surface area contributed by atoms with Crippen molar-refractivity contribution in [2.45, 2.75) is 13.0 Å². The lowest BCUT2D eigenvalue weighted by molar-refractivity contribution is 0.133. The van der Waals surface area contributed by atoms with Crippen molar-refractivity contribution in [2.24, 2.45) is 21.1 Å². The number of benzene rings is 3. The van der Waals surface area contributed by atoms with E-state index in [1.807, 2.05) is 42.5 Å². The molecule has 1 aromatic heterocycles. The van der Waals surface area contributed by atoms with Gasteiger partial charge in [0.1, 0.15) is 17.2 Å². The number of likely N-dealkylation sites (tertiary alicyclic amines) is 1. The highest BCUT2D eigenvalue weighted by Crippen LogP contribution is 2.32. The Morgan fingerprint density at radius 3 is 2.55 bits per heavy atom. The van der Waals surface area contributed by atoms with Crippen LogP contribution in [-0.2, 0) is 13.0 Å². The van der Waals surface area contributed by atoms with Gasteiger partial charge in [0.15, 0.2) is 12.5 Å². The van der Waals surface area contributed by atoms with E-state index in [-0.39, 0.29) is 5.82 Å². The maximum absolute atomic E-state index is 15.0. The van der Waals surface area contributed by atoms with Crippen molar-refractivity contribution >= 4 is 16.8 Å². The van der Waals surface area contributed by atoms with Gasteiger partial charge in [0.25, 0.3) is 0 Å². The molecule has 0 unspecified atom stereocenters. The molecular weight excluding hydrogens is 415 g/mol. The van der Waals surface area contributed by atoms with Gasteiger partial charge in [-0.15, -0.1) is 5.11 Å². The van der Waals surface area contributed by atoms with Crippen LogP contribution in [0.5, 0.6) is 0 Å². The van der Waals surface area contributed by atoms with Crippen molar-refractivity contribution < 1.29 is 8.81 Å². The first-order valence-electron chi connectivity index (χ1n) is 11.2. The number of azo groups is 1. The minimum absolute atomic E-state index is 0.262. The third-order valence-corrected chi connectivity index (χ3v) is 6.33. The topological polar surface area (TPSA) is 53.5 Å². The van der Waals surface area contributed by atoms with Crippen molar-refractivity contribution in [2.75, 3.05) is 19.8 Å². The zero-order valence-electron chi connectivity index (χ0n) is 18.1. The highest BCUT2D eigenvalue weighted by atomic mass is 19.1. The quantitative estimate of drug-likeness (QED) is 0.366. The molecule has 0 atom stereocenters. The van der Waals surface area contributed by atoms with E-state index in [1.165, 1.54) is 11.1 Å². The Labute approximate surface area is 191 Å². The number of halogens is 1. The van der Waals surface area contributed by atoms with E-state index in [1.54, 1.807) is 6.07 Å². The number of rotatable bonds is 6. The second kappa shape index (κ2) is 8.37. The molecule has 0 radical (unpaired) electrons. The molecule has 4 aromatic rings. The molecule has 1 saturated heterocycles. The fourth-order valence-corrected chi connectivity index (χ4v) is 4.59. The first-order valence-corrected chi connectivity index (χ1v) is 11.2. The summed E-state index contributed by atoms with van der Waals surface area (Å²) in [6.45, 7) is 2.93. The minimum atomic E-state index is -0.262. The van der Waals surface area contributed by atoms with E-state index in [0.717, 1.165) is 41.9 Å². The number of hydrogen-bond donors (Lipinski definition) is 0. The van der Waals surface area contributed by atoms with Gasteiger partial charge in [0.05, 0.1) is 5.56 Å². The van der Waals surface area contributed by atoms with Gasteiger partial charge in [-0.1, -0.05) is 42.5 Å². The Kier molecular flexibility index (Phi) is 5.07. The molecule has 6 rings (SSSR count). The minimum Gasteiger partial charge on any atom is -0.456 e. The van der Waals surface area contributed by atoms with Crippen LogP contribution in [-0.4, -0.2) is 30.5 Å². The summed E-state index contributed by atoms with van der Waals surface area (Å²) in [5, 5.41) is 8.98. The fourth-order valence-electron chi connectivity index (χ4n) is 4.59. The molecule has 0 saturated carbocycles. The van der Waals surface area contributed by atoms with Crippen LogP contribution in [0.1, 0.15) is 16.7 Å². The van der Waals surface area contributed by atoms with Gasteiger partial charge >= 0.3 is 0 Å². The molecule has 33 heavy (non-hydrogen) atoms. The molecular formula is C27H23FN4O. The van der Waals surface area contributed by atoms with Crippen LogP contribution in [0.3, 0.4) is 0 Å². The Morgan fingerprint density at radius 2 is 1.76 bits per heavy atom. The van der Waals surface area contributed by atoms with Crippen molar-refractivity contribution in [1.82, 2.24) is 4.90 Å². The van der Waals surface area contributed by atoms with Crippen LogP contribution < -0.4 is 0 Å². The summed E-state index contributed by atoms with van der Waals surface area (Å²) in [5.74, 6) is 1.49. The first-order chi connectivity index (χ1) is 16.2. The van der Waals surface area contributed by atoms with Gasteiger partial charge in [-0.2, -0.15) is 5.11 Å². The SMILES string of the molecule is Fc1cc(CN2CC(C3=NCN=N3)C2)ccc1-c1cc2cc(Cc3ccccc3)ccc2o1. The van der Waals surface area contributed by atoms with Crippen LogP contribution in [0.2, 0.25) is 0 Å². The Hall–Kier alpha value is -3.64. The van der Waals surface area contributed by atoms with Gasteiger partial charge in [-0.05, 0) is 53.4 Å². The summed E-state index contributed by atoms with van der Waals surface area (Å²) in [6.07, 6.45) is 0.855. The number of furan rings is 1. The maximum Gasteiger partial charge on any atom is 0.153 e. The average Bonchev–Trinajstić information content (AvgIpc) is 3.46. The summed E-state index contributed by atoms with van der Waals surface area (Å²) in [5.41, 5.74) is 4.67. The smallest absolute Gasteiger partial charge is 0.153 e. The number of hydrogen-bond acceptors (Lipinski definition) is 5. The van der Waals surface area contributed by atoms with Gasteiger partial charge < -0.3 is 4.42 Å². The van der Waals surface area contributed by atoms with Crippen molar-refractivity contribution in [1.29, 1.82) is 0 Å². The van der Waals surface area contributed by atoms with Crippen molar-refractivity contribution in [3.63, 3.8) is 0 Å². The summed E-state index contributed by atoms with van der Waals surface area (Å²) < 4.78 is 21.0. The van der Waals surface area contributed by atoms with Crippen LogP contribution in [0, 0.1) is 11.7 Å². The first kappa shape index (κ1) is 20.0. The summed E-state index contributed by atoms with van der Waals surface area (Å²) in [7, 11) is 0. The van der Waals surface area contributed by atoms with Crippen molar-refractivity contribution in [3.05, 3.63) is 95.3 Å². The number of aliphatic imine (C=N–C) groups is 1. The Morgan fingerprint density at radius 1 is 0.909 bits per heavy atom. The second-order valence-corrected chi connectivity index (χ2v) is 8.75. The van der Waals surface area contributed by atoms with E-state index in [9.17, 15) is 0 Å². The van der Waals surface area contributed by atoms with Crippen LogP contribution >= 0.6 is 0 Å². The normalized spacial score (nSPS) is 16.3. The predicted molar refractivity (Wildman–Crippen MR) is 127 cm³/mol. The molecule has 6 heteroatoms. The van der Waals surface area contributed by atoms with Gasteiger partial charge in [0.2, 0.25) is 0 Å². The monoisotopic (exact) mass is 438 g/mol. The third-order valence-electron chi connectivity index (χ3n) is 6.33. The second-order valence-electron chi connectivity index (χ2n) is 8.75. The van der Waals surface area contributed by atoms with Crippen LogP contribution in [0.15, 0.2) is 92.4 Å². The summed E-state index contributed by atoms with van der Waals surface area (Å²) in [4.78, 5) is 6.56. The zero-order chi connectivity index (χ0) is 22.2. The lowest BCUT2D eigenvalue weighted by Gasteiger charge is -2.38. The number of nitrogens with zero attached hydrogens (tertiary/aromatic N) is 4. The third kappa shape index (κ3) is 4.10. The van der Waals surface area contributed by atoms with E-state index in [0.29, 0.717) is 30.5 Å². The van der Waals surface area contributed by atoms with Crippen molar-refractivity contribution in [3.8, 4) is 11.3 Å². The lowest BCUT2D eigenvalue weighted by Crippen LogP contribution is -2.49. The number of amidine groups is 1. The highest BCUT2D eigenvalue weighted by molar-refractivity contribution is 5.87. The maximum atomic E-state index is 15.0. The molecule has 5 nitrogen and oxygen atoms in total. The molecule has 0 spiro atoms. The Bertz CT molecular complexity index is 1370. The highest BCUT2D eigenvalue weighted by Gasteiger charge is 2.32.